The van der Waals surface area contributed by atoms with Crippen molar-refractivity contribution < 1.29 is 14.3 Å². The van der Waals surface area contributed by atoms with Gasteiger partial charge in [0.15, 0.2) is 0 Å². The van der Waals surface area contributed by atoms with E-state index in [0.29, 0.717) is 16.7 Å². The Labute approximate surface area is 110 Å². The predicted octanol–water partition coefficient (Wildman–Crippen LogP) is 3.17. The van der Waals surface area contributed by atoms with Gasteiger partial charge in [-0.15, -0.1) is 0 Å². The lowest BCUT2D eigenvalue weighted by Crippen LogP contribution is -1.98. The Bertz CT molecular complexity index is 684. The summed E-state index contributed by atoms with van der Waals surface area (Å²) >= 11 is 0. The first-order valence-electron chi connectivity index (χ1n) is 5.88. The van der Waals surface area contributed by atoms with Gasteiger partial charge in [-0.3, -0.25) is 0 Å². The van der Waals surface area contributed by atoms with Crippen LogP contribution in [0.4, 0.5) is 0 Å². The van der Waals surface area contributed by atoms with Crippen LogP contribution >= 0.6 is 0 Å². The van der Waals surface area contributed by atoms with Crippen LogP contribution in [0.3, 0.4) is 0 Å². The number of cyclic esters (lactones) is 2. The van der Waals surface area contributed by atoms with Crippen molar-refractivity contribution >= 4 is 24.1 Å². The minimum absolute atomic E-state index is 0.334. The number of hydrogen-bond acceptors (Lipinski definition) is 3. The third kappa shape index (κ3) is 2.06. The van der Waals surface area contributed by atoms with E-state index in [-0.39, 0.29) is 0 Å². The van der Waals surface area contributed by atoms with Crippen LogP contribution in [-0.2, 0) is 4.74 Å². The highest BCUT2D eigenvalue weighted by Gasteiger charge is 2.31. The Morgan fingerprint density at radius 1 is 0.789 bits per heavy atom. The molecule has 19 heavy (non-hydrogen) atoms. The second kappa shape index (κ2) is 4.53. The van der Waals surface area contributed by atoms with E-state index >= 15 is 0 Å². The molecule has 3 heteroatoms. The highest BCUT2D eigenvalue weighted by molar-refractivity contribution is 6.16. The van der Waals surface area contributed by atoms with E-state index in [9.17, 15) is 9.59 Å². The first kappa shape index (κ1) is 11.4. The maximum absolute atomic E-state index is 11.6. The van der Waals surface area contributed by atoms with Gasteiger partial charge in [-0.05, 0) is 17.2 Å². The summed E-state index contributed by atoms with van der Waals surface area (Å²) in [5.74, 6) is -1.15. The van der Waals surface area contributed by atoms with Crippen molar-refractivity contribution in [3.8, 4) is 0 Å². The molecule has 92 valence electrons. The van der Waals surface area contributed by atoms with Crippen LogP contribution in [0.1, 0.15) is 31.8 Å². The number of esters is 2. The van der Waals surface area contributed by atoms with Crippen LogP contribution in [-0.4, -0.2) is 11.9 Å². The van der Waals surface area contributed by atoms with Crippen LogP contribution in [0.5, 0.6) is 0 Å². The number of ether oxygens (including phenoxy) is 1. The largest absolute Gasteiger partial charge is 0.386 e. The summed E-state index contributed by atoms with van der Waals surface area (Å²) < 4.78 is 4.61. The smallest absolute Gasteiger partial charge is 0.347 e. The van der Waals surface area contributed by atoms with E-state index in [2.05, 4.69) is 4.74 Å². The second-order valence-corrected chi connectivity index (χ2v) is 4.19. The van der Waals surface area contributed by atoms with E-state index in [1.54, 1.807) is 18.2 Å². The fraction of sp³-hybridized carbons (Fsp3) is 0. The minimum atomic E-state index is -0.576. The highest BCUT2D eigenvalue weighted by atomic mass is 16.6. The Kier molecular flexibility index (Phi) is 2.72. The Morgan fingerprint density at radius 3 is 2.37 bits per heavy atom. The summed E-state index contributed by atoms with van der Waals surface area (Å²) in [5.41, 5.74) is 2.40. The monoisotopic (exact) mass is 250 g/mol. The zero-order valence-corrected chi connectivity index (χ0v) is 10.00. The second-order valence-electron chi connectivity index (χ2n) is 4.19. The summed E-state index contributed by atoms with van der Waals surface area (Å²) in [6.45, 7) is 0. The van der Waals surface area contributed by atoms with E-state index in [1.807, 2.05) is 42.5 Å². The van der Waals surface area contributed by atoms with Gasteiger partial charge < -0.3 is 4.74 Å². The van der Waals surface area contributed by atoms with Gasteiger partial charge in [-0.2, -0.15) is 0 Å². The summed E-state index contributed by atoms with van der Waals surface area (Å²) in [4.78, 5) is 23.1. The molecule has 0 saturated heterocycles. The third-order valence-corrected chi connectivity index (χ3v) is 2.96. The van der Waals surface area contributed by atoms with Crippen molar-refractivity contribution in [2.45, 2.75) is 0 Å². The molecule has 0 bridgehead atoms. The fourth-order valence-corrected chi connectivity index (χ4v) is 2.05. The van der Waals surface area contributed by atoms with Gasteiger partial charge in [-0.1, -0.05) is 54.6 Å². The fourth-order valence-electron chi connectivity index (χ4n) is 2.05. The average Bonchev–Trinajstić information content (AvgIpc) is 2.74. The molecule has 2 aromatic rings. The SMILES string of the molecule is O=C1OC(=O)c2c(/C=C/c3ccccc3)cccc21. The molecule has 0 fully saturated rings. The number of rotatable bonds is 2. The Morgan fingerprint density at radius 2 is 1.58 bits per heavy atom. The van der Waals surface area contributed by atoms with Crippen molar-refractivity contribution in [2.75, 3.05) is 0 Å². The van der Waals surface area contributed by atoms with Gasteiger partial charge in [0, 0.05) is 0 Å². The molecule has 0 aromatic heterocycles. The molecule has 0 atom stereocenters. The van der Waals surface area contributed by atoms with E-state index in [4.69, 9.17) is 0 Å². The number of carbonyl (C=O) groups excluding carboxylic acids is 2. The molecule has 0 unspecified atom stereocenters. The van der Waals surface area contributed by atoms with Gasteiger partial charge in [0.25, 0.3) is 0 Å². The number of benzene rings is 2. The summed E-state index contributed by atoms with van der Waals surface area (Å²) in [7, 11) is 0. The topological polar surface area (TPSA) is 43.4 Å². The van der Waals surface area contributed by atoms with Crippen LogP contribution < -0.4 is 0 Å². The lowest BCUT2D eigenvalue weighted by Gasteiger charge is -1.98. The third-order valence-electron chi connectivity index (χ3n) is 2.96. The van der Waals surface area contributed by atoms with Crippen LogP contribution in [0.2, 0.25) is 0 Å². The summed E-state index contributed by atoms with van der Waals surface area (Å²) in [6, 6.07) is 14.9. The van der Waals surface area contributed by atoms with E-state index in [0.717, 1.165) is 5.56 Å². The zero-order chi connectivity index (χ0) is 13.2. The van der Waals surface area contributed by atoms with Crippen molar-refractivity contribution in [3.63, 3.8) is 0 Å². The van der Waals surface area contributed by atoms with Gasteiger partial charge in [0.05, 0.1) is 11.1 Å². The first-order valence-corrected chi connectivity index (χ1v) is 5.88. The number of hydrogen-bond donors (Lipinski definition) is 0. The zero-order valence-electron chi connectivity index (χ0n) is 10.00. The van der Waals surface area contributed by atoms with Gasteiger partial charge in [0.2, 0.25) is 0 Å². The van der Waals surface area contributed by atoms with Gasteiger partial charge >= 0.3 is 11.9 Å². The van der Waals surface area contributed by atoms with Crippen LogP contribution in [0, 0.1) is 0 Å². The maximum atomic E-state index is 11.6. The maximum Gasteiger partial charge on any atom is 0.347 e. The molecule has 1 heterocycles. The lowest BCUT2D eigenvalue weighted by atomic mass is 10.0. The molecular weight excluding hydrogens is 240 g/mol. The molecule has 0 amide bonds. The summed E-state index contributed by atoms with van der Waals surface area (Å²) in [5, 5.41) is 0. The van der Waals surface area contributed by atoms with Crippen molar-refractivity contribution in [1.82, 2.24) is 0 Å². The lowest BCUT2D eigenvalue weighted by molar-refractivity contribution is 0.0444. The highest BCUT2D eigenvalue weighted by Crippen LogP contribution is 2.25. The molecule has 0 N–H and O–H groups in total. The minimum Gasteiger partial charge on any atom is -0.386 e. The van der Waals surface area contributed by atoms with Crippen molar-refractivity contribution in [2.24, 2.45) is 0 Å². The molecule has 0 spiro atoms. The van der Waals surface area contributed by atoms with Crippen LogP contribution in [0.25, 0.3) is 12.2 Å². The molecule has 2 aromatic carbocycles. The summed E-state index contributed by atoms with van der Waals surface area (Å²) in [6.07, 6.45) is 3.71. The van der Waals surface area contributed by atoms with E-state index < -0.39 is 11.9 Å². The first-order chi connectivity index (χ1) is 9.25. The molecule has 3 rings (SSSR count). The molecule has 0 radical (unpaired) electrons. The quantitative estimate of drug-likeness (QED) is 0.467. The van der Waals surface area contributed by atoms with Crippen molar-refractivity contribution in [1.29, 1.82) is 0 Å². The number of carbonyl (C=O) groups is 2. The normalized spacial score (nSPS) is 13.7. The predicted molar refractivity (Wildman–Crippen MR) is 71.6 cm³/mol. The average molecular weight is 250 g/mol. The number of fused-ring (bicyclic) bond motifs is 1. The van der Waals surface area contributed by atoms with Crippen LogP contribution in [0.15, 0.2) is 48.5 Å². The van der Waals surface area contributed by atoms with E-state index in [1.165, 1.54) is 0 Å². The Hall–Kier alpha value is -2.68. The van der Waals surface area contributed by atoms with Gasteiger partial charge in [-0.25, -0.2) is 9.59 Å². The standard InChI is InChI=1S/C16H10O3/c17-15-13-8-4-7-12(14(13)16(18)19-15)10-9-11-5-2-1-3-6-11/h1-10H/b10-9+. The van der Waals surface area contributed by atoms with Gasteiger partial charge in [0.1, 0.15) is 0 Å². The molecule has 0 aliphatic carbocycles. The van der Waals surface area contributed by atoms with Crippen molar-refractivity contribution in [3.05, 3.63) is 70.8 Å². The molecule has 0 saturated carbocycles. The molecule has 1 aliphatic rings. The Balaban J connectivity index is 2.02. The molecule has 1 aliphatic heterocycles. The molecule has 3 nitrogen and oxygen atoms in total. The molecular formula is C16H10O3.